The number of carboxylic acids is 1. The fourth-order valence-corrected chi connectivity index (χ4v) is 5.30. The van der Waals surface area contributed by atoms with Crippen molar-refractivity contribution in [1.82, 2.24) is 14.5 Å². The Bertz CT molecular complexity index is 528. The van der Waals surface area contributed by atoms with Crippen molar-refractivity contribution >= 4 is 27.8 Å². The minimum atomic E-state index is -3.81. The van der Waals surface area contributed by atoms with Crippen LogP contribution in [0, 0.1) is 0 Å². The summed E-state index contributed by atoms with van der Waals surface area (Å²) in [6.07, 6.45) is 3.00. The van der Waals surface area contributed by atoms with Crippen molar-refractivity contribution in [3.63, 3.8) is 0 Å². The molecule has 1 aromatic heterocycles. The number of aromatic amines is 1. The van der Waals surface area contributed by atoms with Crippen LogP contribution in [0.5, 0.6) is 0 Å². The number of H-pyrrole nitrogens is 1. The summed E-state index contributed by atoms with van der Waals surface area (Å²) in [4.78, 5) is 11.1. The molecule has 2 rings (SSSR count). The summed E-state index contributed by atoms with van der Waals surface area (Å²) in [7, 11) is -3.81. The molecule has 0 aromatic carbocycles. The molecule has 0 radical (unpaired) electrons. The smallest absolute Gasteiger partial charge is 0.322 e. The lowest BCUT2D eigenvalue weighted by atomic mass is 10.3. The lowest BCUT2D eigenvalue weighted by Gasteiger charge is -2.24. The molecule has 2 N–H and O–H groups in total. The summed E-state index contributed by atoms with van der Waals surface area (Å²) >= 11 is 1.35. The molecule has 0 aliphatic carbocycles. The summed E-state index contributed by atoms with van der Waals surface area (Å²) in [5.41, 5.74) is 0. The second-order valence-electron chi connectivity index (χ2n) is 3.82. The molecule has 1 aliphatic rings. The van der Waals surface area contributed by atoms with E-state index in [4.69, 9.17) is 5.11 Å². The Morgan fingerprint density at radius 1 is 1.72 bits per heavy atom. The molecule has 0 bridgehead atoms. The van der Waals surface area contributed by atoms with Crippen LogP contribution in [0.3, 0.4) is 0 Å². The highest BCUT2D eigenvalue weighted by molar-refractivity contribution is 8.01. The molecule has 18 heavy (non-hydrogen) atoms. The van der Waals surface area contributed by atoms with Crippen LogP contribution in [0.2, 0.25) is 0 Å². The maximum absolute atomic E-state index is 12.4. The van der Waals surface area contributed by atoms with Crippen LogP contribution in [0.4, 0.5) is 0 Å². The van der Waals surface area contributed by atoms with Crippen LogP contribution in [0.15, 0.2) is 17.3 Å². The summed E-state index contributed by atoms with van der Waals surface area (Å²) < 4.78 is 25.8. The third-order valence-corrected chi connectivity index (χ3v) is 6.19. The molecule has 2 unspecified atom stereocenters. The standard InChI is InChI=1S/C9H13N3O4S2/c1-2-8-12(7(5-17-8)9(13)14)18(15,16)6-3-10-11-4-6/h3-4,7-8H,2,5H2,1H3,(H,10,11)(H,13,14). The Labute approximate surface area is 109 Å². The zero-order chi connectivity index (χ0) is 13.3. The van der Waals surface area contributed by atoms with E-state index in [9.17, 15) is 13.2 Å². The van der Waals surface area contributed by atoms with E-state index in [2.05, 4.69) is 10.2 Å². The largest absolute Gasteiger partial charge is 0.480 e. The van der Waals surface area contributed by atoms with E-state index in [1.54, 1.807) is 0 Å². The highest BCUT2D eigenvalue weighted by Crippen LogP contribution is 2.35. The number of hydrogen-bond donors (Lipinski definition) is 2. The highest BCUT2D eigenvalue weighted by atomic mass is 32.2. The Hall–Kier alpha value is -1.06. The fraction of sp³-hybridized carbons (Fsp3) is 0.556. The van der Waals surface area contributed by atoms with Crippen LogP contribution >= 0.6 is 11.8 Å². The van der Waals surface area contributed by atoms with Gasteiger partial charge in [0.1, 0.15) is 10.9 Å². The molecule has 0 saturated carbocycles. The third-order valence-electron chi connectivity index (χ3n) is 2.72. The second-order valence-corrected chi connectivity index (χ2v) is 6.87. The fourth-order valence-electron chi connectivity index (χ4n) is 1.85. The van der Waals surface area contributed by atoms with E-state index in [1.807, 2.05) is 6.92 Å². The lowest BCUT2D eigenvalue weighted by Crippen LogP contribution is -2.45. The van der Waals surface area contributed by atoms with Crippen LogP contribution in [-0.2, 0) is 14.8 Å². The number of nitrogens with zero attached hydrogens (tertiary/aromatic N) is 2. The van der Waals surface area contributed by atoms with Gasteiger partial charge in [-0.1, -0.05) is 6.92 Å². The molecule has 1 aromatic rings. The van der Waals surface area contributed by atoms with Crippen molar-refractivity contribution in [3.8, 4) is 0 Å². The minimum absolute atomic E-state index is 0.00491. The minimum Gasteiger partial charge on any atom is -0.480 e. The molecule has 7 nitrogen and oxygen atoms in total. The molecule has 0 spiro atoms. The van der Waals surface area contributed by atoms with Gasteiger partial charge in [-0.2, -0.15) is 9.40 Å². The molecular formula is C9H13N3O4S2. The van der Waals surface area contributed by atoms with E-state index >= 15 is 0 Å². The first kappa shape index (κ1) is 13.4. The van der Waals surface area contributed by atoms with Crippen molar-refractivity contribution in [2.24, 2.45) is 0 Å². The van der Waals surface area contributed by atoms with Crippen molar-refractivity contribution in [1.29, 1.82) is 0 Å². The zero-order valence-corrected chi connectivity index (χ0v) is 11.2. The van der Waals surface area contributed by atoms with Gasteiger partial charge in [-0.05, 0) is 6.42 Å². The quantitative estimate of drug-likeness (QED) is 0.829. The number of sulfonamides is 1. The van der Waals surface area contributed by atoms with Crippen molar-refractivity contribution in [2.45, 2.75) is 29.7 Å². The highest BCUT2D eigenvalue weighted by Gasteiger charge is 2.45. The molecule has 1 aliphatic heterocycles. The van der Waals surface area contributed by atoms with E-state index in [0.717, 1.165) is 4.31 Å². The molecule has 1 saturated heterocycles. The Morgan fingerprint density at radius 3 is 2.94 bits per heavy atom. The number of thioether (sulfide) groups is 1. The summed E-state index contributed by atoms with van der Waals surface area (Å²) in [6.45, 7) is 1.83. The van der Waals surface area contributed by atoms with Gasteiger partial charge in [0.15, 0.2) is 0 Å². The first-order valence-electron chi connectivity index (χ1n) is 5.35. The van der Waals surface area contributed by atoms with Gasteiger partial charge in [0.05, 0.1) is 11.6 Å². The Kier molecular flexibility index (Phi) is 3.64. The number of carbonyl (C=O) groups is 1. The van der Waals surface area contributed by atoms with Gasteiger partial charge in [-0.25, -0.2) is 8.42 Å². The van der Waals surface area contributed by atoms with Crippen molar-refractivity contribution < 1.29 is 18.3 Å². The average Bonchev–Trinajstić information content (AvgIpc) is 2.98. The van der Waals surface area contributed by atoms with E-state index in [1.165, 1.54) is 24.2 Å². The van der Waals surface area contributed by atoms with Gasteiger partial charge in [-0.3, -0.25) is 9.89 Å². The first-order chi connectivity index (χ1) is 8.48. The number of aliphatic carboxylic acids is 1. The maximum Gasteiger partial charge on any atom is 0.322 e. The number of rotatable bonds is 4. The van der Waals surface area contributed by atoms with Crippen LogP contribution in [0.25, 0.3) is 0 Å². The SMILES string of the molecule is CCC1SCC(C(=O)O)N1S(=O)(=O)c1cn[nH]c1. The topological polar surface area (TPSA) is 103 Å². The number of nitrogens with one attached hydrogen (secondary N) is 1. The predicted octanol–water partition coefficient (Wildman–Crippen LogP) is 0.337. The van der Waals surface area contributed by atoms with Gasteiger partial charge < -0.3 is 5.11 Å². The van der Waals surface area contributed by atoms with Gasteiger partial charge in [0, 0.05) is 11.9 Å². The summed E-state index contributed by atoms with van der Waals surface area (Å²) in [6, 6.07) is -1.01. The molecule has 0 amide bonds. The number of carboxylic acid groups (broad SMARTS) is 1. The number of hydrogen-bond acceptors (Lipinski definition) is 5. The van der Waals surface area contributed by atoms with E-state index < -0.39 is 22.0 Å². The van der Waals surface area contributed by atoms with Crippen LogP contribution < -0.4 is 0 Å². The van der Waals surface area contributed by atoms with Crippen LogP contribution in [-0.4, -0.2) is 51.2 Å². The Morgan fingerprint density at radius 2 is 2.44 bits per heavy atom. The normalized spacial score (nSPS) is 25.4. The first-order valence-corrected chi connectivity index (χ1v) is 7.84. The monoisotopic (exact) mass is 291 g/mol. The summed E-state index contributed by atoms with van der Waals surface area (Å²) in [5.74, 6) is -0.851. The van der Waals surface area contributed by atoms with Gasteiger partial charge in [0.25, 0.3) is 0 Å². The number of aromatic nitrogens is 2. The van der Waals surface area contributed by atoms with Crippen molar-refractivity contribution in [3.05, 3.63) is 12.4 Å². The van der Waals surface area contributed by atoms with Gasteiger partial charge >= 0.3 is 5.97 Å². The molecule has 2 heterocycles. The molecular weight excluding hydrogens is 278 g/mol. The second kappa shape index (κ2) is 4.90. The molecule has 9 heteroatoms. The van der Waals surface area contributed by atoms with Crippen LogP contribution in [0.1, 0.15) is 13.3 Å². The van der Waals surface area contributed by atoms with Gasteiger partial charge in [0.2, 0.25) is 10.0 Å². The summed E-state index contributed by atoms with van der Waals surface area (Å²) in [5, 5.41) is 14.8. The lowest BCUT2D eigenvalue weighted by molar-refractivity contribution is -0.140. The van der Waals surface area contributed by atoms with Gasteiger partial charge in [-0.15, -0.1) is 11.8 Å². The Balaban J connectivity index is 2.42. The molecule has 2 atom stereocenters. The zero-order valence-electron chi connectivity index (χ0n) is 9.61. The predicted molar refractivity (Wildman–Crippen MR) is 65.6 cm³/mol. The van der Waals surface area contributed by atoms with Crippen molar-refractivity contribution in [2.75, 3.05) is 5.75 Å². The molecule has 1 fully saturated rings. The van der Waals surface area contributed by atoms with E-state index in [0.29, 0.717) is 6.42 Å². The maximum atomic E-state index is 12.4. The average molecular weight is 291 g/mol. The third kappa shape index (κ3) is 2.13. The molecule has 100 valence electrons. The van der Waals surface area contributed by atoms with E-state index in [-0.39, 0.29) is 16.0 Å².